The summed E-state index contributed by atoms with van der Waals surface area (Å²) in [7, 11) is 0. The van der Waals surface area contributed by atoms with Gasteiger partial charge in [-0.05, 0) is 43.3 Å². The molecule has 2 rings (SSSR count). The van der Waals surface area contributed by atoms with Crippen LogP contribution in [0.1, 0.15) is 17.3 Å². The number of hydrogen-bond acceptors (Lipinski definition) is 5. The number of hydrogen-bond donors (Lipinski definition) is 2. The number of carbonyl (C=O) groups is 3. The van der Waals surface area contributed by atoms with Crippen molar-refractivity contribution >= 4 is 17.8 Å². The second-order valence-corrected chi connectivity index (χ2v) is 5.19. The summed E-state index contributed by atoms with van der Waals surface area (Å²) in [5.74, 6) is -2.13. The summed E-state index contributed by atoms with van der Waals surface area (Å²) in [5, 5.41) is 0. The van der Waals surface area contributed by atoms with Crippen LogP contribution in [0.3, 0.4) is 0 Å². The molecule has 7 nitrogen and oxygen atoms in total. The maximum atomic E-state index is 12.8. The number of hydrazine groups is 1. The third-order valence-electron chi connectivity index (χ3n) is 3.16. The highest BCUT2D eigenvalue weighted by Crippen LogP contribution is 2.13. The Morgan fingerprint density at radius 2 is 1.65 bits per heavy atom. The van der Waals surface area contributed by atoms with Crippen molar-refractivity contribution in [2.24, 2.45) is 0 Å². The van der Waals surface area contributed by atoms with Gasteiger partial charge in [0, 0.05) is 5.56 Å². The van der Waals surface area contributed by atoms with E-state index in [9.17, 15) is 18.8 Å². The monoisotopic (exact) mass is 360 g/mol. The second kappa shape index (κ2) is 9.16. The van der Waals surface area contributed by atoms with Gasteiger partial charge in [-0.15, -0.1) is 0 Å². The van der Waals surface area contributed by atoms with Gasteiger partial charge in [0.1, 0.15) is 11.6 Å². The number of amides is 2. The number of ether oxygens (including phenoxy) is 2. The topological polar surface area (TPSA) is 93.7 Å². The van der Waals surface area contributed by atoms with E-state index in [4.69, 9.17) is 9.47 Å². The Kier molecular flexibility index (Phi) is 6.67. The highest BCUT2D eigenvalue weighted by Gasteiger charge is 2.18. The third kappa shape index (κ3) is 5.90. The van der Waals surface area contributed by atoms with Gasteiger partial charge in [0.15, 0.2) is 12.7 Å². The lowest BCUT2D eigenvalue weighted by Gasteiger charge is -2.14. The zero-order valence-electron chi connectivity index (χ0n) is 13.9. The van der Waals surface area contributed by atoms with Crippen LogP contribution in [0.4, 0.5) is 4.39 Å². The van der Waals surface area contributed by atoms with E-state index >= 15 is 0 Å². The molecule has 0 spiro atoms. The Morgan fingerprint density at radius 3 is 2.31 bits per heavy atom. The minimum absolute atomic E-state index is 0.287. The summed E-state index contributed by atoms with van der Waals surface area (Å²) < 4.78 is 22.9. The summed E-state index contributed by atoms with van der Waals surface area (Å²) in [6.07, 6.45) is -0.993. The molecule has 0 aliphatic rings. The van der Waals surface area contributed by atoms with Crippen molar-refractivity contribution in [2.45, 2.75) is 13.0 Å². The van der Waals surface area contributed by atoms with Gasteiger partial charge in [-0.3, -0.25) is 20.4 Å². The minimum Gasteiger partial charge on any atom is -0.479 e. The quantitative estimate of drug-likeness (QED) is 0.603. The van der Waals surface area contributed by atoms with Gasteiger partial charge < -0.3 is 9.47 Å². The van der Waals surface area contributed by atoms with E-state index in [0.29, 0.717) is 5.56 Å². The molecule has 0 radical (unpaired) electrons. The molecule has 26 heavy (non-hydrogen) atoms. The van der Waals surface area contributed by atoms with Crippen LogP contribution in [0.5, 0.6) is 5.75 Å². The van der Waals surface area contributed by atoms with E-state index in [1.165, 1.54) is 31.2 Å². The van der Waals surface area contributed by atoms with Gasteiger partial charge in [0.25, 0.3) is 11.8 Å². The fourth-order valence-corrected chi connectivity index (χ4v) is 1.84. The van der Waals surface area contributed by atoms with Crippen molar-refractivity contribution in [2.75, 3.05) is 6.61 Å². The molecule has 0 heterocycles. The van der Waals surface area contributed by atoms with Crippen LogP contribution in [0.15, 0.2) is 54.6 Å². The minimum atomic E-state index is -0.993. The fraction of sp³-hybridized carbons (Fsp3) is 0.167. The summed E-state index contributed by atoms with van der Waals surface area (Å²) >= 11 is 0. The molecule has 2 N–H and O–H groups in total. The maximum absolute atomic E-state index is 12.8. The van der Waals surface area contributed by atoms with Crippen molar-refractivity contribution in [3.8, 4) is 5.75 Å². The lowest BCUT2D eigenvalue weighted by atomic mass is 10.2. The van der Waals surface area contributed by atoms with Crippen LogP contribution in [0, 0.1) is 5.82 Å². The van der Waals surface area contributed by atoms with E-state index in [0.717, 1.165) is 0 Å². The molecule has 2 amide bonds. The van der Waals surface area contributed by atoms with E-state index in [1.54, 1.807) is 30.3 Å². The number of carbonyl (C=O) groups excluding carboxylic acids is 3. The molecule has 0 saturated carbocycles. The average Bonchev–Trinajstić information content (AvgIpc) is 2.66. The van der Waals surface area contributed by atoms with Crippen LogP contribution in [0.2, 0.25) is 0 Å². The average molecular weight is 360 g/mol. The van der Waals surface area contributed by atoms with Gasteiger partial charge >= 0.3 is 5.97 Å². The first-order chi connectivity index (χ1) is 12.5. The van der Waals surface area contributed by atoms with Gasteiger partial charge in [0.2, 0.25) is 0 Å². The van der Waals surface area contributed by atoms with E-state index < -0.39 is 36.3 Å². The highest BCUT2D eigenvalue weighted by atomic mass is 19.1. The van der Waals surface area contributed by atoms with Crippen molar-refractivity contribution in [3.05, 3.63) is 66.0 Å². The number of nitrogens with one attached hydrogen (secondary N) is 2. The molecule has 0 unspecified atom stereocenters. The molecule has 0 aliphatic carbocycles. The Hall–Kier alpha value is -3.42. The molecule has 0 fully saturated rings. The Labute approximate surface area is 149 Å². The molecular formula is C18H17FN2O5. The first kappa shape index (κ1) is 18.9. The first-order valence-electron chi connectivity index (χ1n) is 7.69. The van der Waals surface area contributed by atoms with Crippen LogP contribution in [-0.2, 0) is 14.3 Å². The molecule has 8 heteroatoms. The Bertz CT molecular complexity index is 765. The van der Waals surface area contributed by atoms with Crippen molar-refractivity contribution < 1.29 is 28.2 Å². The Balaban J connectivity index is 1.71. The maximum Gasteiger partial charge on any atom is 0.347 e. The number of benzene rings is 2. The predicted octanol–water partition coefficient (Wildman–Crippen LogP) is 1.60. The molecule has 2 aromatic rings. The van der Waals surface area contributed by atoms with E-state index in [2.05, 4.69) is 10.9 Å². The van der Waals surface area contributed by atoms with E-state index in [-0.39, 0.29) is 5.75 Å². The standard InChI is InChI=1S/C18H17FN2O5/c1-12(26-15-9-7-14(19)8-10-15)18(24)25-11-16(22)20-21-17(23)13-5-3-2-4-6-13/h2-10,12H,11H2,1H3,(H,20,22)(H,21,23)/t12-/m1/s1. The number of esters is 1. The van der Waals surface area contributed by atoms with Gasteiger partial charge in [0.05, 0.1) is 0 Å². The molecule has 1 atom stereocenters. The van der Waals surface area contributed by atoms with E-state index in [1.807, 2.05) is 0 Å². The summed E-state index contributed by atoms with van der Waals surface area (Å²) in [6.45, 7) is 0.839. The molecule has 2 aromatic carbocycles. The molecule has 136 valence electrons. The van der Waals surface area contributed by atoms with Crippen molar-refractivity contribution in [3.63, 3.8) is 0 Å². The van der Waals surface area contributed by atoms with Gasteiger partial charge in [-0.25, -0.2) is 9.18 Å². The highest BCUT2D eigenvalue weighted by molar-refractivity contribution is 5.95. The van der Waals surface area contributed by atoms with Crippen molar-refractivity contribution in [1.29, 1.82) is 0 Å². The SMILES string of the molecule is C[C@@H](Oc1ccc(F)cc1)C(=O)OCC(=O)NNC(=O)c1ccccc1. The zero-order valence-corrected chi connectivity index (χ0v) is 13.9. The number of rotatable bonds is 6. The number of halogens is 1. The lowest BCUT2D eigenvalue weighted by molar-refractivity contribution is -0.154. The van der Waals surface area contributed by atoms with Gasteiger partial charge in [-0.2, -0.15) is 0 Å². The van der Waals surface area contributed by atoms with Crippen LogP contribution in [-0.4, -0.2) is 30.5 Å². The first-order valence-corrected chi connectivity index (χ1v) is 7.69. The molecular weight excluding hydrogens is 343 g/mol. The van der Waals surface area contributed by atoms with Gasteiger partial charge in [-0.1, -0.05) is 18.2 Å². The summed E-state index contributed by atoms with van der Waals surface area (Å²) in [5.41, 5.74) is 4.70. The third-order valence-corrected chi connectivity index (χ3v) is 3.16. The second-order valence-electron chi connectivity index (χ2n) is 5.19. The largest absolute Gasteiger partial charge is 0.479 e. The summed E-state index contributed by atoms with van der Waals surface area (Å²) in [4.78, 5) is 35.1. The predicted molar refractivity (Wildman–Crippen MR) is 89.5 cm³/mol. The van der Waals surface area contributed by atoms with Crippen LogP contribution < -0.4 is 15.6 Å². The van der Waals surface area contributed by atoms with Crippen LogP contribution >= 0.6 is 0 Å². The van der Waals surface area contributed by atoms with Crippen LogP contribution in [0.25, 0.3) is 0 Å². The fourth-order valence-electron chi connectivity index (χ4n) is 1.84. The summed E-state index contributed by atoms with van der Waals surface area (Å²) in [6, 6.07) is 13.4. The molecule has 0 aromatic heterocycles. The smallest absolute Gasteiger partial charge is 0.347 e. The Morgan fingerprint density at radius 1 is 1.00 bits per heavy atom. The molecule has 0 saturated heterocycles. The van der Waals surface area contributed by atoms with Crippen molar-refractivity contribution in [1.82, 2.24) is 10.9 Å². The molecule has 0 bridgehead atoms. The zero-order chi connectivity index (χ0) is 18.9. The lowest BCUT2D eigenvalue weighted by Crippen LogP contribution is -2.44. The molecule has 0 aliphatic heterocycles. The normalized spacial score (nSPS) is 11.2.